The number of nitrogens with one attached hydrogen (secondary N) is 1. The number of carbonyl (C=O) groups excluding carboxylic acids is 2. The number of halogens is 1. The van der Waals surface area contributed by atoms with Crippen LogP contribution >= 0.6 is 0 Å². The van der Waals surface area contributed by atoms with Gasteiger partial charge in [0.1, 0.15) is 11.4 Å². The number of ether oxygens (including phenoxy) is 1. The van der Waals surface area contributed by atoms with E-state index in [0.29, 0.717) is 0 Å². The van der Waals surface area contributed by atoms with E-state index >= 15 is 0 Å². The zero-order chi connectivity index (χ0) is 21.1. The molecule has 0 radical (unpaired) electrons. The van der Waals surface area contributed by atoms with Gasteiger partial charge in [0.2, 0.25) is 0 Å². The highest BCUT2D eigenvalue weighted by molar-refractivity contribution is 5.88. The molecule has 3 aromatic rings. The monoisotopic (exact) mass is 397 g/mol. The zero-order valence-corrected chi connectivity index (χ0v) is 16.9. The van der Waals surface area contributed by atoms with Gasteiger partial charge in [0.25, 0.3) is 5.91 Å². The molecule has 1 aromatic heterocycles. The summed E-state index contributed by atoms with van der Waals surface area (Å²) in [5.74, 6) is -1.27. The molecular formula is C23H24FNO4. The van der Waals surface area contributed by atoms with E-state index in [4.69, 9.17) is 9.15 Å². The second-order valence-corrected chi connectivity index (χ2v) is 7.28. The summed E-state index contributed by atoms with van der Waals surface area (Å²) in [5, 5.41) is 3.63. The van der Waals surface area contributed by atoms with Crippen molar-refractivity contribution in [1.29, 1.82) is 0 Å². The Kier molecular flexibility index (Phi) is 6.01. The molecule has 0 bridgehead atoms. The number of rotatable bonds is 6. The van der Waals surface area contributed by atoms with Crippen molar-refractivity contribution < 1.29 is 23.1 Å². The summed E-state index contributed by atoms with van der Waals surface area (Å²) in [6.45, 7) is 7.30. The third kappa shape index (κ3) is 4.83. The Labute approximate surface area is 168 Å². The highest BCUT2D eigenvalue weighted by Crippen LogP contribution is 2.25. The third-order valence-corrected chi connectivity index (χ3v) is 5.01. The minimum absolute atomic E-state index is 0.0145. The van der Waals surface area contributed by atoms with Crippen molar-refractivity contribution in [1.82, 2.24) is 5.32 Å². The molecule has 1 amide bonds. The number of hydrogen-bond donors (Lipinski definition) is 1. The average molecular weight is 397 g/mol. The normalized spacial score (nSPS) is 13.1. The van der Waals surface area contributed by atoms with Crippen LogP contribution in [0.15, 0.2) is 47.1 Å². The lowest BCUT2D eigenvalue weighted by atomic mass is 10.0. The number of fused-ring (bicyclic) bond motifs is 1. The Morgan fingerprint density at radius 1 is 1.10 bits per heavy atom. The van der Waals surface area contributed by atoms with Crippen LogP contribution in [0.25, 0.3) is 11.0 Å². The highest BCUT2D eigenvalue weighted by atomic mass is 19.1. The van der Waals surface area contributed by atoms with E-state index in [9.17, 15) is 14.0 Å². The molecule has 152 valence electrons. The van der Waals surface area contributed by atoms with Crippen molar-refractivity contribution in [2.45, 2.75) is 46.3 Å². The Balaban J connectivity index is 1.59. The van der Waals surface area contributed by atoms with Gasteiger partial charge >= 0.3 is 5.97 Å². The maximum Gasteiger partial charge on any atom is 0.311 e. The van der Waals surface area contributed by atoms with E-state index in [1.165, 1.54) is 19.1 Å². The van der Waals surface area contributed by atoms with Gasteiger partial charge < -0.3 is 14.5 Å². The van der Waals surface area contributed by atoms with E-state index in [1.807, 2.05) is 26.0 Å². The molecule has 0 fully saturated rings. The number of benzene rings is 2. The fourth-order valence-corrected chi connectivity index (χ4v) is 3.09. The quantitative estimate of drug-likeness (QED) is 0.620. The van der Waals surface area contributed by atoms with Crippen LogP contribution in [0, 0.1) is 19.7 Å². The first-order chi connectivity index (χ1) is 13.7. The van der Waals surface area contributed by atoms with Crippen LogP contribution in [0.1, 0.15) is 42.1 Å². The van der Waals surface area contributed by atoms with Gasteiger partial charge in [0, 0.05) is 10.9 Å². The first-order valence-electron chi connectivity index (χ1n) is 9.47. The summed E-state index contributed by atoms with van der Waals surface area (Å²) in [5.41, 5.74) is 4.42. The molecule has 1 heterocycles. The molecule has 0 unspecified atom stereocenters. The summed E-state index contributed by atoms with van der Waals surface area (Å²) in [6, 6.07) is 9.45. The second-order valence-electron chi connectivity index (χ2n) is 7.28. The maximum absolute atomic E-state index is 13.0. The van der Waals surface area contributed by atoms with Crippen LogP contribution in [-0.4, -0.2) is 18.0 Å². The number of hydrogen-bond acceptors (Lipinski definition) is 4. The molecule has 0 aliphatic rings. The fraction of sp³-hybridized carbons (Fsp3) is 0.304. The first-order valence-corrected chi connectivity index (χ1v) is 9.47. The number of aryl methyl sites for hydroxylation is 2. The Morgan fingerprint density at radius 3 is 2.45 bits per heavy atom. The highest BCUT2D eigenvalue weighted by Gasteiger charge is 2.21. The standard InChI is InChI=1S/C23H24FNO4/c1-13-9-20-18(12-28-21(20)10-14(13)2)11-22(26)29-16(4)23(27)25-15(3)17-5-7-19(24)8-6-17/h5-10,12,15-16H,11H2,1-4H3,(H,25,27)/t15-,16-/m0/s1. The van der Waals surface area contributed by atoms with Crippen molar-refractivity contribution >= 4 is 22.8 Å². The summed E-state index contributed by atoms with van der Waals surface area (Å²) in [6.07, 6.45) is 0.611. The molecule has 29 heavy (non-hydrogen) atoms. The minimum atomic E-state index is -0.951. The topological polar surface area (TPSA) is 68.5 Å². The molecule has 0 saturated carbocycles. The second kappa shape index (κ2) is 8.47. The lowest BCUT2D eigenvalue weighted by Crippen LogP contribution is -2.37. The molecule has 0 aliphatic carbocycles. The summed E-state index contributed by atoms with van der Waals surface area (Å²) < 4.78 is 23.9. The number of furan rings is 1. The minimum Gasteiger partial charge on any atom is -0.464 e. The number of esters is 1. The van der Waals surface area contributed by atoms with Gasteiger partial charge in [0.05, 0.1) is 18.7 Å². The summed E-state index contributed by atoms with van der Waals surface area (Å²) >= 11 is 0. The third-order valence-electron chi connectivity index (χ3n) is 5.01. The zero-order valence-electron chi connectivity index (χ0n) is 16.9. The molecular weight excluding hydrogens is 373 g/mol. The van der Waals surface area contributed by atoms with E-state index in [2.05, 4.69) is 5.32 Å². The van der Waals surface area contributed by atoms with Crippen molar-refractivity contribution in [2.75, 3.05) is 0 Å². The van der Waals surface area contributed by atoms with E-state index < -0.39 is 18.0 Å². The van der Waals surface area contributed by atoms with Crippen LogP contribution < -0.4 is 5.32 Å². The number of amides is 1. The van der Waals surface area contributed by atoms with Gasteiger partial charge in [0.15, 0.2) is 6.10 Å². The molecule has 5 nitrogen and oxygen atoms in total. The van der Waals surface area contributed by atoms with Crippen LogP contribution in [0.3, 0.4) is 0 Å². The predicted molar refractivity (Wildman–Crippen MR) is 108 cm³/mol. The van der Waals surface area contributed by atoms with E-state index in [1.54, 1.807) is 25.3 Å². The van der Waals surface area contributed by atoms with Crippen molar-refractivity contribution in [2.24, 2.45) is 0 Å². The SMILES string of the molecule is Cc1cc2occ(CC(=O)O[C@@H](C)C(=O)N[C@@H](C)c3ccc(F)cc3)c2cc1C. The number of carbonyl (C=O) groups is 2. The van der Waals surface area contributed by atoms with Crippen LogP contribution in [-0.2, 0) is 20.7 Å². The summed E-state index contributed by atoms with van der Waals surface area (Å²) in [4.78, 5) is 24.7. The maximum atomic E-state index is 13.0. The lowest BCUT2D eigenvalue weighted by molar-refractivity contribution is -0.154. The Hall–Kier alpha value is -3.15. The molecule has 0 spiro atoms. The fourth-order valence-electron chi connectivity index (χ4n) is 3.09. The molecule has 2 atom stereocenters. The van der Waals surface area contributed by atoms with Gasteiger partial charge in [-0.25, -0.2) is 4.39 Å². The van der Waals surface area contributed by atoms with Crippen molar-refractivity contribution in [3.05, 3.63) is 70.7 Å². The largest absolute Gasteiger partial charge is 0.464 e. The van der Waals surface area contributed by atoms with Crippen LogP contribution in [0.5, 0.6) is 0 Å². The summed E-state index contributed by atoms with van der Waals surface area (Å²) in [7, 11) is 0. The Morgan fingerprint density at radius 2 is 1.76 bits per heavy atom. The van der Waals surface area contributed by atoms with Gasteiger partial charge in [-0.2, -0.15) is 0 Å². The molecule has 1 N–H and O–H groups in total. The molecule has 6 heteroatoms. The predicted octanol–water partition coefficient (Wildman–Crippen LogP) is 4.54. The molecule has 2 aromatic carbocycles. The lowest BCUT2D eigenvalue weighted by Gasteiger charge is -2.18. The average Bonchev–Trinajstić information content (AvgIpc) is 3.03. The van der Waals surface area contributed by atoms with Gasteiger partial charge in [-0.1, -0.05) is 12.1 Å². The van der Waals surface area contributed by atoms with Crippen molar-refractivity contribution in [3.8, 4) is 0 Å². The van der Waals surface area contributed by atoms with Crippen LogP contribution in [0.4, 0.5) is 4.39 Å². The Bertz CT molecular complexity index is 1040. The molecule has 0 saturated heterocycles. The van der Waals surface area contributed by atoms with E-state index in [0.717, 1.165) is 33.2 Å². The van der Waals surface area contributed by atoms with Crippen molar-refractivity contribution in [3.63, 3.8) is 0 Å². The van der Waals surface area contributed by atoms with Crippen LogP contribution in [0.2, 0.25) is 0 Å². The molecule has 3 rings (SSSR count). The van der Waals surface area contributed by atoms with Gasteiger partial charge in [-0.05, 0) is 68.7 Å². The van der Waals surface area contributed by atoms with Gasteiger partial charge in [-0.15, -0.1) is 0 Å². The smallest absolute Gasteiger partial charge is 0.311 e. The first kappa shape index (κ1) is 20.6. The van der Waals surface area contributed by atoms with E-state index in [-0.39, 0.29) is 18.3 Å². The van der Waals surface area contributed by atoms with Gasteiger partial charge in [-0.3, -0.25) is 9.59 Å². The molecule has 0 aliphatic heterocycles.